The van der Waals surface area contributed by atoms with E-state index >= 15 is 0 Å². The number of ether oxygens (including phenoxy) is 2. The lowest BCUT2D eigenvalue weighted by Gasteiger charge is -2.23. The van der Waals surface area contributed by atoms with Crippen LogP contribution in [-0.4, -0.2) is 48.3 Å². The minimum atomic E-state index is -0.193. The summed E-state index contributed by atoms with van der Waals surface area (Å²) in [5.41, 5.74) is 0.954. The Hall–Kier alpha value is -1.46. The van der Waals surface area contributed by atoms with E-state index < -0.39 is 0 Å². The van der Waals surface area contributed by atoms with Gasteiger partial charge >= 0.3 is 5.97 Å². The predicted octanol–water partition coefficient (Wildman–Crippen LogP) is 1.63. The van der Waals surface area contributed by atoms with Gasteiger partial charge in [-0.25, -0.2) is 0 Å². The molecule has 0 spiro atoms. The molecule has 0 saturated carbocycles. The van der Waals surface area contributed by atoms with E-state index in [1.165, 1.54) is 0 Å². The van der Waals surface area contributed by atoms with Crippen molar-refractivity contribution in [2.24, 2.45) is 0 Å². The van der Waals surface area contributed by atoms with E-state index in [2.05, 4.69) is 9.88 Å². The molecule has 1 fully saturated rings. The van der Waals surface area contributed by atoms with E-state index in [1.54, 1.807) is 6.20 Å². The normalized spacial score (nSPS) is 18.4. The van der Waals surface area contributed by atoms with E-state index in [0.29, 0.717) is 13.2 Å². The number of esters is 1. The summed E-state index contributed by atoms with van der Waals surface area (Å²) in [6, 6.07) is 5.81. The largest absolute Gasteiger partial charge is 0.465 e. The molecule has 2 rings (SSSR count). The maximum absolute atomic E-state index is 11.7. The SMILES string of the molecule is CCOC(=O)CN(Cc1ccccn1)C[C@@H]1CCCO1. The highest BCUT2D eigenvalue weighted by Gasteiger charge is 2.21. The topological polar surface area (TPSA) is 51.7 Å². The third kappa shape index (κ3) is 4.90. The number of nitrogens with zero attached hydrogens (tertiary/aromatic N) is 2. The number of carbonyl (C=O) groups excluding carboxylic acids is 1. The van der Waals surface area contributed by atoms with Gasteiger partial charge in [0.05, 0.1) is 24.9 Å². The first-order valence-corrected chi connectivity index (χ1v) is 7.17. The number of rotatable bonds is 7. The van der Waals surface area contributed by atoms with Crippen molar-refractivity contribution in [1.29, 1.82) is 0 Å². The molecule has 2 heterocycles. The average molecular weight is 278 g/mol. The highest BCUT2D eigenvalue weighted by molar-refractivity contribution is 5.71. The maximum Gasteiger partial charge on any atom is 0.320 e. The molecule has 1 aliphatic rings. The van der Waals surface area contributed by atoms with Crippen LogP contribution in [0.5, 0.6) is 0 Å². The van der Waals surface area contributed by atoms with Crippen LogP contribution in [0.15, 0.2) is 24.4 Å². The molecule has 0 unspecified atom stereocenters. The molecule has 20 heavy (non-hydrogen) atoms. The first-order chi connectivity index (χ1) is 9.78. The van der Waals surface area contributed by atoms with Crippen molar-refractivity contribution in [3.63, 3.8) is 0 Å². The van der Waals surface area contributed by atoms with Crippen LogP contribution in [0, 0.1) is 0 Å². The Bertz CT molecular complexity index is 405. The summed E-state index contributed by atoms with van der Waals surface area (Å²) in [5, 5.41) is 0. The summed E-state index contributed by atoms with van der Waals surface area (Å²) in [6.07, 6.45) is 4.14. The number of carbonyl (C=O) groups is 1. The average Bonchev–Trinajstić information content (AvgIpc) is 2.93. The number of hydrogen-bond donors (Lipinski definition) is 0. The Labute approximate surface area is 119 Å². The highest BCUT2D eigenvalue weighted by Crippen LogP contribution is 2.14. The first-order valence-electron chi connectivity index (χ1n) is 7.17. The molecule has 5 nitrogen and oxygen atoms in total. The van der Waals surface area contributed by atoms with Crippen LogP contribution in [0.2, 0.25) is 0 Å². The molecule has 0 aliphatic carbocycles. The van der Waals surface area contributed by atoms with E-state index in [4.69, 9.17) is 9.47 Å². The molecular weight excluding hydrogens is 256 g/mol. The molecule has 0 radical (unpaired) electrons. The standard InChI is InChI=1S/C15H22N2O3/c1-2-19-15(18)12-17(11-14-7-5-9-20-14)10-13-6-3-4-8-16-13/h3-4,6,8,14H,2,5,7,9-12H2,1H3/t14-/m0/s1. The summed E-state index contributed by atoms with van der Waals surface area (Å²) in [5.74, 6) is -0.193. The summed E-state index contributed by atoms with van der Waals surface area (Å²) in [7, 11) is 0. The zero-order valence-electron chi connectivity index (χ0n) is 12.0. The highest BCUT2D eigenvalue weighted by atomic mass is 16.5. The van der Waals surface area contributed by atoms with E-state index in [1.807, 2.05) is 25.1 Å². The molecule has 5 heteroatoms. The van der Waals surface area contributed by atoms with Crippen molar-refractivity contribution in [2.45, 2.75) is 32.4 Å². The van der Waals surface area contributed by atoms with Crippen molar-refractivity contribution < 1.29 is 14.3 Å². The van der Waals surface area contributed by atoms with Gasteiger partial charge < -0.3 is 9.47 Å². The van der Waals surface area contributed by atoms with Crippen molar-refractivity contribution >= 4 is 5.97 Å². The van der Waals surface area contributed by atoms with E-state index in [9.17, 15) is 4.79 Å². The zero-order chi connectivity index (χ0) is 14.2. The second-order valence-electron chi connectivity index (χ2n) is 4.93. The van der Waals surface area contributed by atoms with Crippen LogP contribution in [0.1, 0.15) is 25.5 Å². The molecular formula is C15H22N2O3. The fourth-order valence-electron chi connectivity index (χ4n) is 2.37. The molecule has 110 valence electrons. The Morgan fingerprint density at radius 1 is 1.55 bits per heavy atom. The van der Waals surface area contributed by atoms with Gasteiger partial charge in [-0.2, -0.15) is 0 Å². The van der Waals surface area contributed by atoms with Gasteiger partial charge in [0, 0.05) is 25.9 Å². The lowest BCUT2D eigenvalue weighted by molar-refractivity contribution is -0.144. The van der Waals surface area contributed by atoms with Gasteiger partial charge in [-0.1, -0.05) is 6.07 Å². The molecule has 0 aromatic carbocycles. The van der Waals surface area contributed by atoms with Crippen LogP contribution in [0.3, 0.4) is 0 Å². The molecule has 1 atom stereocenters. The Balaban J connectivity index is 1.93. The monoisotopic (exact) mass is 278 g/mol. The van der Waals surface area contributed by atoms with E-state index in [0.717, 1.165) is 31.7 Å². The van der Waals surface area contributed by atoms with Crippen LogP contribution < -0.4 is 0 Å². The maximum atomic E-state index is 11.7. The Kier molecular flexibility index (Phi) is 5.95. The fourth-order valence-corrected chi connectivity index (χ4v) is 2.37. The van der Waals surface area contributed by atoms with Crippen molar-refractivity contribution in [1.82, 2.24) is 9.88 Å². The van der Waals surface area contributed by atoms with Gasteiger partial charge in [-0.3, -0.25) is 14.7 Å². The zero-order valence-corrected chi connectivity index (χ0v) is 12.0. The van der Waals surface area contributed by atoms with Gasteiger partial charge in [0.2, 0.25) is 0 Å². The van der Waals surface area contributed by atoms with Gasteiger partial charge in [-0.15, -0.1) is 0 Å². The minimum Gasteiger partial charge on any atom is -0.465 e. The Morgan fingerprint density at radius 3 is 3.10 bits per heavy atom. The van der Waals surface area contributed by atoms with Crippen LogP contribution in [-0.2, 0) is 20.8 Å². The molecule has 0 bridgehead atoms. The van der Waals surface area contributed by atoms with Crippen molar-refractivity contribution in [3.05, 3.63) is 30.1 Å². The summed E-state index contributed by atoms with van der Waals surface area (Å²) < 4.78 is 10.7. The van der Waals surface area contributed by atoms with Crippen LogP contribution in [0.25, 0.3) is 0 Å². The van der Waals surface area contributed by atoms with Crippen LogP contribution in [0.4, 0.5) is 0 Å². The van der Waals surface area contributed by atoms with Crippen LogP contribution >= 0.6 is 0 Å². The molecule has 0 amide bonds. The summed E-state index contributed by atoms with van der Waals surface area (Å²) in [4.78, 5) is 18.1. The second kappa shape index (κ2) is 7.97. The number of hydrogen-bond acceptors (Lipinski definition) is 5. The number of aromatic nitrogens is 1. The molecule has 1 saturated heterocycles. The second-order valence-corrected chi connectivity index (χ2v) is 4.93. The van der Waals surface area contributed by atoms with Gasteiger partial charge in [0.25, 0.3) is 0 Å². The van der Waals surface area contributed by atoms with E-state index in [-0.39, 0.29) is 18.6 Å². The fraction of sp³-hybridized carbons (Fsp3) is 0.600. The summed E-state index contributed by atoms with van der Waals surface area (Å²) >= 11 is 0. The smallest absolute Gasteiger partial charge is 0.320 e. The lowest BCUT2D eigenvalue weighted by atomic mass is 10.2. The molecule has 0 N–H and O–H groups in total. The molecule has 1 aromatic rings. The van der Waals surface area contributed by atoms with Gasteiger partial charge in [0.15, 0.2) is 0 Å². The van der Waals surface area contributed by atoms with Gasteiger partial charge in [0.1, 0.15) is 0 Å². The first kappa shape index (κ1) is 14.9. The number of pyridine rings is 1. The quantitative estimate of drug-likeness (QED) is 0.709. The predicted molar refractivity (Wildman–Crippen MR) is 75.1 cm³/mol. The van der Waals surface area contributed by atoms with Crippen molar-refractivity contribution in [3.8, 4) is 0 Å². The van der Waals surface area contributed by atoms with Gasteiger partial charge in [-0.05, 0) is 31.9 Å². The molecule has 1 aromatic heterocycles. The summed E-state index contributed by atoms with van der Waals surface area (Å²) in [6.45, 7) is 4.72. The minimum absolute atomic E-state index is 0.193. The Morgan fingerprint density at radius 2 is 2.45 bits per heavy atom. The third-order valence-corrected chi connectivity index (χ3v) is 3.26. The van der Waals surface area contributed by atoms with Crippen molar-refractivity contribution in [2.75, 3.05) is 26.3 Å². The molecule has 1 aliphatic heterocycles. The lowest BCUT2D eigenvalue weighted by Crippen LogP contribution is -2.36. The third-order valence-electron chi connectivity index (χ3n) is 3.26.